The van der Waals surface area contributed by atoms with Crippen LogP contribution in [-0.2, 0) is 4.79 Å². The topological polar surface area (TPSA) is 89.0 Å². The van der Waals surface area contributed by atoms with Crippen molar-refractivity contribution in [2.24, 2.45) is 5.10 Å². The lowest BCUT2D eigenvalue weighted by Gasteiger charge is -2.04. The fourth-order valence-corrected chi connectivity index (χ4v) is 2.08. The predicted octanol–water partition coefficient (Wildman–Crippen LogP) is 1.43. The number of carbonyl (C=O) groups is 2. The molecule has 0 aliphatic carbocycles. The Labute approximate surface area is 142 Å². The van der Waals surface area contributed by atoms with Gasteiger partial charge in [0.05, 0.1) is 12.8 Å². The van der Waals surface area contributed by atoms with Gasteiger partial charge in [-0.2, -0.15) is 5.10 Å². The van der Waals surface area contributed by atoms with Crippen molar-refractivity contribution in [3.05, 3.63) is 59.4 Å². The number of benzene rings is 2. The number of ether oxygens (including phenoxy) is 2. The molecule has 1 aliphatic heterocycles. The van der Waals surface area contributed by atoms with Crippen LogP contribution < -0.4 is 20.2 Å². The number of rotatable bonds is 5. The van der Waals surface area contributed by atoms with Crippen molar-refractivity contribution < 1.29 is 23.5 Å². The Balaban J connectivity index is 1.46. The van der Waals surface area contributed by atoms with E-state index < -0.39 is 17.6 Å². The number of carbonyl (C=O) groups excluding carboxylic acids is 2. The number of hydrazone groups is 1. The lowest BCUT2D eigenvalue weighted by Crippen LogP contribution is -2.34. The van der Waals surface area contributed by atoms with Crippen LogP contribution in [0.4, 0.5) is 4.39 Å². The summed E-state index contributed by atoms with van der Waals surface area (Å²) in [6.45, 7) is -0.0743. The molecule has 0 bridgehead atoms. The Kier molecular flexibility index (Phi) is 4.89. The highest BCUT2D eigenvalue weighted by Crippen LogP contribution is 2.31. The second-order valence-corrected chi connectivity index (χ2v) is 5.10. The summed E-state index contributed by atoms with van der Waals surface area (Å²) in [5, 5.41) is 6.22. The van der Waals surface area contributed by atoms with E-state index >= 15 is 0 Å². The molecular formula is C17H14FN3O4. The third-order valence-corrected chi connectivity index (χ3v) is 3.32. The molecule has 0 saturated heterocycles. The zero-order valence-corrected chi connectivity index (χ0v) is 13.0. The van der Waals surface area contributed by atoms with Gasteiger partial charge in [-0.3, -0.25) is 9.59 Å². The van der Waals surface area contributed by atoms with Gasteiger partial charge in [0.1, 0.15) is 5.82 Å². The Morgan fingerprint density at radius 2 is 1.88 bits per heavy atom. The first kappa shape index (κ1) is 16.4. The van der Waals surface area contributed by atoms with Gasteiger partial charge in [0.2, 0.25) is 6.79 Å². The number of nitrogens with zero attached hydrogens (tertiary/aromatic N) is 1. The largest absolute Gasteiger partial charge is 0.454 e. The van der Waals surface area contributed by atoms with Crippen molar-refractivity contribution >= 4 is 18.0 Å². The molecule has 2 aromatic rings. The van der Waals surface area contributed by atoms with Crippen molar-refractivity contribution in [3.8, 4) is 11.5 Å². The van der Waals surface area contributed by atoms with Gasteiger partial charge in [-0.1, -0.05) is 0 Å². The van der Waals surface area contributed by atoms with E-state index in [2.05, 4.69) is 15.8 Å². The average molecular weight is 343 g/mol. The first-order valence-corrected chi connectivity index (χ1v) is 7.37. The van der Waals surface area contributed by atoms with E-state index in [-0.39, 0.29) is 18.9 Å². The molecule has 7 nitrogen and oxygen atoms in total. The average Bonchev–Trinajstić information content (AvgIpc) is 3.08. The summed E-state index contributed by atoms with van der Waals surface area (Å²) in [5.74, 6) is -0.138. The molecule has 0 fully saturated rings. The summed E-state index contributed by atoms with van der Waals surface area (Å²) < 4.78 is 23.2. The van der Waals surface area contributed by atoms with Gasteiger partial charge in [-0.15, -0.1) is 0 Å². The molecule has 0 aromatic heterocycles. The lowest BCUT2D eigenvalue weighted by atomic mass is 10.2. The van der Waals surface area contributed by atoms with Crippen LogP contribution in [-0.4, -0.2) is 31.4 Å². The van der Waals surface area contributed by atoms with Crippen molar-refractivity contribution in [2.75, 3.05) is 13.3 Å². The van der Waals surface area contributed by atoms with Crippen molar-refractivity contribution in [1.82, 2.24) is 10.7 Å². The fraction of sp³-hybridized carbons (Fsp3) is 0.118. The Morgan fingerprint density at radius 1 is 1.12 bits per heavy atom. The maximum Gasteiger partial charge on any atom is 0.259 e. The Bertz CT molecular complexity index is 821. The monoisotopic (exact) mass is 343 g/mol. The summed E-state index contributed by atoms with van der Waals surface area (Å²) in [7, 11) is 0. The van der Waals surface area contributed by atoms with Crippen LogP contribution in [0.3, 0.4) is 0 Å². The normalized spacial score (nSPS) is 12.2. The summed E-state index contributed by atoms with van der Waals surface area (Å²) in [6, 6.07) is 10.2. The molecule has 0 saturated carbocycles. The maximum absolute atomic E-state index is 12.8. The number of amides is 2. The first-order chi connectivity index (χ1) is 12.1. The van der Waals surface area contributed by atoms with Crippen LogP contribution >= 0.6 is 0 Å². The number of halogens is 1. The maximum atomic E-state index is 12.8. The minimum Gasteiger partial charge on any atom is -0.454 e. The molecule has 25 heavy (non-hydrogen) atoms. The Hall–Kier alpha value is -3.42. The molecule has 0 unspecified atom stereocenters. The lowest BCUT2D eigenvalue weighted by molar-refractivity contribution is -0.120. The zero-order valence-electron chi connectivity index (χ0n) is 13.0. The van der Waals surface area contributed by atoms with Crippen molar-refractivity contribution in [2.45, 2.75) is 0 Å². The van der Waals surface area contributed by atoms with E-state index in [1.165, 1.54) is 30.5 Å². The van der Waals surface area contributed by atoms with Crippen LogP contribution in [0.5, 0.6) is 11.5 Å². The van der Waals surface area contributed by atoms with Gasteiger partial charge >= 0.3 is 0 Å². The SMILES string of the molecule is O=C(CNC(=O)c1ccc(F)cc1)NN=Cc1ccc2c(c1)OCO2. The summed E-state index contributed by atoms with van der Waals surface area (Å²) in [5.41, 5.74) is 3.28. The van der Waals surface area contributed by atoms with Gasteiger partial charge in [0.15, 0.2) is 11.5 Å². The smallest absolute Gasteiger partial charge is 0.259 e. The standard InChI is InChI=1S/C17H14FN3O4/c18-13-4-2-12(3-5-13)17(23)19-9-16(22)21-20-8-11-1-6-14-15(7-11)25-10-24-14/h1-8H,9-10H2,(H,19,23)(H,21,22). The molecule has 2 N–H and O–H groups in total. The highest BCUT2D eigenvalue weighted by molar-refractivity contribution is 5.96. The molecule has 0 radical (unpaired) electrons. The summed E-state index contributed by atoms with van der Waals surface area (Å²) >= 11 is 0. The number of hydrogen-bond donors (Lipinski definition) is 2. The Morgan fingerprint density at radius 3 is 2.68 bits per heavy atom. The third kappa shape index (κ3) is 4.31. The second kappa shape index (κ2) is 7.43. The van der Waals surface area contributed by atoms with Gasteiger partial charge in [0, 0.05) is 5.56 Å². The van der Waals surface area contributed by atoms with E-state index in [0.717, 1.165) is 5.56 Å². The van der Waals surface area contributed by atoms with Gasteiger partial charge in [-0.25, -0.2) is 9.82 Å². The quantitative estimate of drug-likeness (QED) is 0.635. The molecule has 2 aromatic carbocycles. The van der Waals surface area contributed by atoms with Crippen molar-refractivity contribution in [3.63, 3.8) is 0 Å². The van der Waals surface area contributed by atoms with E-state index in [0.29, 0.717) is 11.5 Å². The molecule has 1 heterocycles. The van der Waals surface area contributed by atoms with Gasteiger partial charge in [0.25, 0.3) is 11.8 Å². The zero-order chi connectivity index (χ0) is 17.6. The summed E-state index contributed by atoms with van der Waals surface area (Å²) in [4.78, 5) is 23.5. The molecule has 0 spiro atoms. The van der Waals surface area contributed by atoms with E-state index in [4.69, 9.17) is 9.47 Å². The molecular weight excluding hydrogens is 329 g/mol. The molecule has 0 atom stereocenters. The highest BCUT2D eigenvalue weighted by Gasteiger charge is 2.12. The first-order valence-electron chi connectivity index (χ1n) is 7.37. The van der Waals surface area contributed by atoms with Crippen LogP contribution in [0.2, 0.25) is 0 Å². The fourth-order valence-electron chi connectivity index (χ4n) is 2.08. The minimum atomic E-state index is -0.493. The molecule has 3 rings (SSSR count). The van der Waals surface area contributed by atoms with Crippen LogP contribution in [0.15, 0.2) is 47.6 Å². The van der Waals surface area contributed by atoms with Crippen molar-refractivity contribution in [1.29, 1.82) is 0 Å². The number of nitrogens with one attached hydrogen (secondary N) is 2. The second-order valence-electron chi connectivity index (χ2n) is 5.10. The molecule has 1 aliphatic rings. The van der Waals surface area contributed by atoms with Crippen LogP contribution in [0, 0.1) is 5.82 Å². The van der Waals surface area contributed by atoms with Crippen LogP contribution in [0.1, 0.15) is 15.9 Å². The van der Waals surface area contributed by atoms with E-state index in [1.54, 1.807) is 18.2 Å². The van der Waals surface area contributed by atoms with E-state index in [9.17, 15) is 14.0 Å². The van der Waals surface area contributed by atoms with Gasteiger partial charge in [-0.05, 0) is 48.0 Å². The third-order valence-electron chi connectivity index (χ3n) is 3.32. The number of hydrogen-bond acceptors (Lipinski definition) is 5. The molecule has 128 valence electrons. The van der Waals surface area contributed by atoms with E-state index in [1.807, 2.05) is 0 Å². The minimum absolute atomic E-state index is 0.181. The summed E-state index contributed by atoms with van der Waals surface area (Å²) in [6.07, 6.45) is 1.45. The highest BCUT2D eigenvalue weighted by atomic mass is 19.1. The van der Waals surface area contributed by atoms with Crippen LogP contribution in [0.25, 0.3) is 0 Å². The van der Waals surface area contributed by atoms with Gasteiger partial charge < -0.3 is 14.8 Å². The molecule has 2 amide bonds. The molecule has 8 heteroatoms. The predicted molar refractivity (Wildman–Crippen MR) is 87.0 cm³/mol. The number of fused-ring (bicyclic) bond motifs is 1.